The maximum atomic E-state index is 6.16. The molecule has 0 saturated heterocycles. The summed E-state index contributed by atoms with van der Waals surface area (Å²) in [7, 11) is 0. The van der Waals surface area contributed by atoms with Gasteiger partial charge in [-0.3, -0.25) is 0 Å². The highest BCUT2D eigenvalue weighted by Crippen LogP contribution is 2.31. The third-order valence-corrected chi connectivity index (χ3v) is 3.87. The van der Waals surface area contributed by atoms with Crippen LogP contribution in [0, 0.1) is 0 Å². The Morgan fingerprint density at radius 2 is 2.17 bits per heavy atom. The zero-order valence-corrected chi connectivity index (χ0v) is 12.4. The van der Waals surface area contributed by atoms with Crippen LogP contribution in [-0.2, 0) is 6.54 Å². The zero-order valence-electron chi connectivity index (χ0n) is 10.0. The molecule has 0 saturated carbocycles. The summed E-state index contributed by atoms with van der Waals surface area (Å²) in [5.74, 6) is 0. The van der Waals surface area contributed by atoms with Crippen molar-refractivity contribution in [2.24, 2.45) is 0 Å². The van der Waals surface area contributed by atoms with Crippen LogP contribution in [0.3, 0.4) is 0 Å². The van der Waals surface area contributed by atoms with Crippen molar-refractivity contribution in [2.75, 3.05) is 6.54 Å². The topological polar surface area (TPSA) is 24.9 Å². The molecule has 0 aliphatic carbocycles. The molecule has 1 aromatic carbocycles. The smallest absolute Gasteiger partial charge is 0.107 e. The van der Waals surface area contributed by atoms with Gasteiger partial charge in [-0.1, -0.05) is 30.1 Å². The number of rotatable bonds is 5. The molecule has 0 amide bonds. The van der Waals surface area contributed by atoms with Gasteiger partial charge in [0.25, 0.3) is 0 Å². The van der Waals surface area contributed by atoms with Crippen LogP contribution in [0.1, 0.15) is 18.4 Å². The van der Waals surface area contributed by atoms with Gasteiger partial charge < -0.3 is 5.32 Å². The van der Waals surface area contributed by atoms with Crippen molar-refractivity contribution >= 4 is 34.5 Å². The van der Waals surface area contributed by atoms with Gasteiger partial charge in [0, 0.05) is 22.5 Å². The van der Waals surface area contributed by atoms with E-state index in [0.29, 0.717) is 10.0 Å². The lowest BCUT2D eigenvalue weighted by Crippen LogP contribution is -2.13. The summed E-state index contributed by atoms with van der Waals surface area (Å²) >= 11 is 13.8. The highest BCUT2D eigenvalue weighted by molar-refractivity contribution is 7.09. The van der Waals surface area contributed by atoms with Crippen molar-refractivity contribution in [2.45, 2.75) is 19.9 Å². The maximum Gasteiger partial charge on any atom is 0.107 e. The number of hydrogen-bond donors (Lipinski definition) is 1. The molecule has 1 heterocycles. The highest BCUT2D eigenvalue weighted by Gasteiger charge is 2.08. The summed E-state index contributed by atoms with van der Waals surface area (Å²) in [5.41, 5.74) is 1.78. The fourth-order valence-corrected chi connectivity index (χ4v) is 2.73. The Morgan fingerprint density at radius 3 is 2.94 bits per heavy atom. The molecule has 0 spiro atoms. The monoisotopic (exact) mass is 300 g/mol. The molecule has 1 N–H and O–H groups in total. The minimum Gasteiger partial charge on any atom is -0.310 e. The molecule has 2 rings (SSSR count). The van der Waals surface area contributed by atoms with Gasteiger partial charge in [-0.05, 0) is 31.2 Å². The number of thiazole rings is 1. The van der Waals surface area contributed by atoms with Gasteiger partial charge in [-0.15, -0.1) is 11.3 Å². The van der Waals surface area contributed by atoms with Gasteiger partial charge in [-0.2, -0.15) is 0 Å². The SMILES string of the molecule is CCCNCc1nc(-c2cc(Cl)ccc2Cl)cs1. The normalized spacial score (nSPS) is 10.8. The lowest BCUT2D eigenvalue weighted by atomic mass is 10.2. The Labute approximate surface area is 121 Å². The van der Waals surface area contributed by atoms with Crippen LogP contribution in [0.15, 0.2) is 23.6 Å². The second-order valence-corrected chi connectivity index (χ2v) is 5.71. The average Bonchev–Trinajstić information content (AvgIpc) is 2.81. The van der Waals surface area contributed by atoms with E-state index in [1.807, 2.05) is 11.4 Å². The lowest BCUT2D eigenvalue weighted by molar-refractivity contribution is 0.673. The Balaban J connectivity index is 2.16. The van der Waals surface area contributed by atoms with E-state index in [1.54, 1.807) is 23.5 Å². The minimum absolute atomic E-state index is 0.674. The zero-order chi connectivity index (χ0) is 13.0. The Morgan fingerprint density at radius 1 is 1.33 bits per heavy atom. The molecule has 2 nitrogen and oxygen atoms in total. The second-order valence-electron chi connectivity index (χ2n) is 3.93. The van der Waals surface area contributed by atoms with Gasteiger partial charge >= 0.3 is 0 Å². The van der Waals surface area contributed by atoms with Crippen LogP contribution in [0.5, 0.6) is 0 Å². The number of benzene rings is 1. The summed E-state index contributed by atoms with van der Waals surface area (Å²) < 4.78 is 0. The van der Waals surface area contributed by atoms with Gasteiger partial charge in [0.05, 0.1) is 10.7 Å². The van der Waals surface area contributed by atoms with Crippen LogP contribution in [0.4, 0.5) is 0 Å². The predicted molar refractivity (Wildman–Crippen MR) is 79.6 cm³/mol. The van der Waals surface area contributed by atoms with E-state index in [0.717, 1.165) is 35.8 Å². The first-order valence-corrected chi connectivity index (χ1v) is 7.45. The second kappa shape index (κ2) is 6.53. The Hall–Kier alpha value is -0.610. The third kappa shape index (κ3) is 3.45. The van der Waals surface area contributed by atoms with E-state index >= 15 is 0 Å². The first-order valence-electron chi connectivity index (χ1n) is 5.81. The fourth-order valence-electron chi connectivity index (χ4n) is 1.58. The molecular weight excluding hydrogens is 287 g/mol. The first kappa shape index (κ1) is 13.8. The summed E-state index contributed by atoms with van der Waals surface area (Å²) in [6.45, 7) is 3.95. The largest absolute Gasteiger partial charge is 0.310 e. The number of nitrogens with zero attached hydrogens (tertiary/aromatic N) is 1. The van der Waals surface area contributed by atoms with Crippen molar-refractivity contribution < 1.29 is 0 Å². The molecule has 1 aromatic heterocycles. The van der Waals surface area contributed by atoms with Crippen LogP contribution in [-0.4, -0.2) is 11.5 Å². The van der Waals surface area contributed by atoms with Crippen molar-refractivity contribution in [1.29, 1.82) is 0 Å². The van der Waals surface area contributed by atoms with Crippen molar-refractivity contribution in [3.8, 4) is 11.3 Å². The van der Waals surface area contributed by atoms with Crippen molar-refractivity contribution in [3.63, 3.8) is 0 Å². The van der Waals surface area contributed by atoms with Crippen molar-refractivity contribution in [3.05, 3.63) is 38.6 Å². The highest BCUT2D eigenvalue weighted by atomic mass is 35.5. The van der Waals surface area contributed by atoms with Crippen molar-refractivity contribution in [1.82, 2.24) is 10.3 Å². The molecular formula is C13H14Cl2N2S. The molecule has 0 radical (unpaired) electrons. The Bertz CT molecular complexity index is 525. The van der Waals surface area contributed by atoms with E-state index in [4.69, 9.17) is 23.2 Å². The molecule has 0 aliphatic heterocycles. The van der Waals surface area contributed by atoms with E-state index < -0.39 is 0 Å². The van der Waals surface area contributed by atoms with Gasteiger partial charge in [0.2, 0.25) is 0 Å². The standard InChI is InChI=1S/C13H14Cl2N2S/c1-2-5-16-7-13-17-12(8-18-13)10-6-9(14)3-4-11(10)15/h3-4,6,8,16H,2,5,7H2,1H3. The Kier molecular flexibility index (Phi) is 5.01. The van der Waals surface area contributed by atoms with E-state index in [1.165, 1.54) is 0 Å². The van der Waals surface area contributed by atoms with Crippen LogP contribution < -0.4 is 5.32 Å². The number of nitrogens with one attached hydrogen (secondary N) is 1. The molecule has 0 aliphatic rings. The molecule has 0 atom stereocenters. The van der Waals surface area contributed by atoms with Crippen LogP contribution >= 0.6 is 34.5 Å². The van der Waals surface area contributed by atoms with Crippen LogP contribution in [0.25, 0.3) is 11.3 Å². The minimum atomic E-state index is 0.674. The third-order valence-electron chi connectivity index (χ3n) is 2.46. The molecule has 0 fully saturated rings. The van der Waals surface area contributed by atoms with Crippen LogP contribution in [0.2, 0.25) is 10.0 Å². The molecule has 5 heteroatoms. The molecule has 2 aromatic rings. The molecule has 0 unspecified atom stereocenters. The summed E-state index contributed by atoms with van der Waals surface area (Å²) in [5, 5.41) is 7.76. The number of hydrogen-bond acceptors (Lipinski definition) is 3. The molecule has 0 bridgehead atoms. The maximum absolute atomic E-state index is 6.16. The fraction of sp³-hybridized carbons (Fsp3) is 0.308. The van der Waals surface area contributed by atoms with E-state index in [9.17, 15) is 0 Å². The summed E-state index contributed by atoms with van der Waals surface area (Å²) in [4.78, 5) is 4.57. The molecule has 96 valence electrons. The average molecular weight is 301 g/mol. The first-order chi connectivity index (χ1) is 8.70. The quantitative estimate of drug-likeness (QED) is 0.815. The predicted octanol–water partition coefficient (Wildman–Crippen LogP) is 4.62. The van der Waals surface area contributed by atoms with Gasteiger partial charge in [0.15, 0.2) is 0 Å². The number of aromatic nitrogens is 1. The lowest BCUT2D eigenvalue weighted by Gasteiger charge is -2.01. The number of halogens is 2. The van der Waals surface area contributed by atoms with Gasteiger partial charge in [-0.25, -0.2) is 4.98 Å². The summed E-state index contributed by atoms with van der Waals surface area (Å²) in [6, 6.07) is 5.43. The van der Waals surface area contributed by atoms with Gasteiger partial charge in [0.1, 0.15) is 5.01 Å². The summed E-state index contributed by atoms with van der Waals surface area (Å²) in [6.07, 6.45) is 1.12. The van der Waals surface area contributed by atoms with E-state index in [2.05, 4.69) is 17.2 Å². The van der Waals surface area contributed by atoms with E-state index in [-0.39, 0.29) is 0 Å². The molecule has 18 heavy (non-hydrogen) atoms.